The predicted octanol–water partition coefficient (Wildman–Crippen LogP) is 3.81. The molecule has 3 aromatic rings. The summed E-state index contributed by atoms with van der Waals surface area (Å²) in [6.45, 7) is 3.23. The van der Waals surface area contributed by atoms with E-state index in [-0.39, 0.29) is 5.91 Å². The molecule has 1 heterocycles. The molecule has 0 spiro atoms. The van der Waals surface area contributed by atoms with Crippen molar-refractivity contribution in [1.82, 2.24) is 20.1 Å². The number of benzene rings is 2. The topological polar surface area (TPSA) is 59.8 Å². The lowest BCUT2D eigenvalue weighted by Gasteiger charge is -2.09. The van der Waals surface area contributed by atoms with Gasteiger partial charge in [0.1, 0.15) is 12.7 Å². The van der Waals surface area contributed by atoms with E-state index in [0.717, 1.165) is 26.1 Å². The Morgan fingerprint density at radius 2 is 2.08 bits per heavy atom. The SMILES string of the molecule is Cc1cc(Br)ccc1SCC(=O)NCc1cccc(Cn2cncn2)c1. The van der Waals surface area contributed by atoms with Crippen LogP contribution in [0.25, 0.3) is 0 Å². The molecule has 1 amide bonds. The minimum Gasteiger partial charge on any atom is -0.351 e. The van der Waals surface area contributed by atoms with Gasteiger partial charge in [0.2, 0.25) is 5.91 Å². The van der Waals surface area contributed by atoms with Crippen LogP contribution in [-0.4, -0.2) is 26.4 Å². The van der Waals surface area contributed by atoms with Crippen molar-refractivity contribution in [2.45, 2.75) is 24.9 Å². The van der Waals surface area contributed by atoms with Gasteiger partial charge in [0.15, 0.2) is 0 Å². The summed E-state index contributed by atoms with van der Waals surface area (Å²) in [7, 11) is 0. The summed E-state index contributed by atoms with van der Waals surface area (Å²) < 4.78 is 2.82. The number of carbonyl (C=O) groups excluding carboxylic acids is 1. The summed E-state index contributed by atoms with van der Waals surface area (Å²) in [4.78, 5) is 17.2. The zero-order valence-corrected chi connectivity index (χ0v) is 16.8. The van der Waals surface area contributed by atoms with Gasteiger partial charge in [-0.25, -0.2) is 9.67 Å². The largest absolute Gasteiger partial charge is 0.351 e. The minimum atomic E-state index is 0.0269. The molecule has 0 aliphatic rings. The first kappa shape index (κ1) is 18.7. The number of aryl methyl sites for hydroxylation is 1. The Hall–Kier alpha value is -2.12. The minimum absolute atomic E-state index is 0.0269. The van der Waals surface area contributed by atoms with Gasteiger partial charge >= 0.3 is 0 Å². The number of aromatic nitrogens is 3. The predicted molar refractivity (Wildman–Crippen MR) is 107 cm³/mol. The van der Waals surface area contributed by atoms with Crippen LogP contribution in [0.2, 0.25) is 0 Å². The molecule has 0 aliphatic carbocycles. The van der Waals surface area contributed by atoms with Crippen molar-refractivity contribution >= 4 is 33.6 Å². The van der Waals surface area contributed by atoms with E-state index in [1.807, 2.05) is 37.3 Å². The molecule has 1 aromatic heterocycles. The third-order valence-electron chi connectivity index (χ3n) is 3.79. The highest BCUT2D eigenvalue weighted by molar-refractivity contribution is 9.10. The molecule has 0 fully saturated rings. The van der Waals surface area contributed by atoms with Crippen LogP contribution in [0.4, 0.5) is 0 Å². The lowest BCUT2D eigenvalue weighted by molar-refractivity contribution is -0.118. The van der Waals surface area contributed by atoms with Crippen LogP contribution in [0.5, 0.6) is 0 Å². The maximum atomic E-state index is 12.1. The normalized spacial score (nSPS) is 10.7. The molecule has 0 saturated heterocycles. The first-order valence-electron chi connectivity index (χ1n) is 8.16. The van der Waals surface area contributed by atoms with Crippen molar-refractivity contribution in [3.63, 3.8) is 0 Å². The van der Waals surface area contributed by atoms with Crippen LogP contribution >= 0.6 is 27.7 Å². The molecule has 0 unspecified atom stereocenters. The van der Waals surface area contributed by atoms with E-state index in [9.17, 15) is 4.79 Å². The fraction of sp³-hybridized carbons (Fsp3) is 0.211. The fourth-order valence-electron chi connectivity index (χ4n) is 2.51. The molecule has 0 aliphatic heterocycles. The van der Waals surface area contributed by atoms with Crippen LogP contribution in [0.1, 0.15) is 16.7 Å². The Labute approximate surface area is 165 Å². The van der Waals surface area contributed by atoms with Crippen molar-refractivity contribution < 1.29 is 4.79 Å². The molecule has 3 rings (SSSR count). The lowest BCUT2D eigenvalue weighted by atomic mass is 10.1. The number of nitrogens with one attached hydrogen (secondary N) is 1. The monoisotopic (exact) mass is 430 g/mol. The highest BCUT2D eigenvalue weighted by atomic mass is 79.9. The zero-order valence-electron chi connectivity index (χ0n) is 14.4. The molecule has 0 atom stereocenters. The summed E-state index contributed by atoms with van der Waals surface area (Å²) >= 11 is 5.01. The average molecular weight is 431 g/mol. The first-order valence-corrected chi connectivity index (χ1v) is 9.94. The highest BCUT2D eigenvalue weighted by Crippen LogP contribution is 2.25. The number of hydrogen-bond donors (Lipinski definition) is 1. The Bertz CT molecular complexity index is 883. The van der Waals surface area contributed by atoms with Crippen LogP contribution in [0.3, 0.4) is 0 Å². The third-order valence-corrected chi connectivity index (χ3v) is 5.46. The third kappa shape index (κ3) is 5.44. The number of hydrogen-bond acceptors (Lipinski definition) is 4. The van der Waals surface area contributed by atoms with Gasteiger partial charge < -0.3 is 5.32 Å². The van der Waals surface area contributed by atoms with Gasteiger partial charge in [-0.1, -0.05) is 40.2 Å². The number of amides is 1. The average Bonchev–Trinajstić information content (AvgIpc) is 3.12. The summed E-state index contributed by atoms with van der Waals surface area (Å²) in [5.41, 5.74) is 3.36. The number of carbonyl (C=O) groups is 1. The summed E-state index contributed by atoms with van der Waals surface area (Å²) in [6, 6.07) is 14.2. The van der Waals surface area contributed by atoms with Gasteiger partial charge in [-0.05, 0) is 41.8 Å². The number of thioether (sulfide) groups is 1. The standard InChI is InChI=1S/C19H19BrN4OS/c1-14-7-17(20)5-6-18(14)26-11-19(25)22-9-15-3-2-4-16(8-15)10-24-13-21-12-23-24/h2-8,12-13H,9-11H2,1H3,(H,22,25). The molecule has 2 aromatic carbocycles. The number of rotatable bonds is 7. The molecular formula is C19H19BrN4OS. The Kier molecular flexibility index (Phi) is 6.46. The lowest BCUT2D eigenvalue weighted by Crippen LogP contribution is -2.24. The summed E-state index contributed by atoms with van der Waals surface area (Å²) in [6.07, 6.45) is 3.21. The summed E-state index contributed by atoms with van der Waals surface area (Å²) in [5.74, 6) is 0.431. The van der Waals surface area contributed by atoms with Gasteiger partial charge in [0.25, 0.3) is 0 Å². The van der Waals surface area contributed by atoms with Gasteiger partial charge in [-0.2, -0.15) is 5.10 Å². The van der Waals surface area contributed by atoms with Crippen LogP contribution in [0.15, 0.2) is 64.5 Å². The second-order valence-electron chi connectivity index (χ2n) is 5.89. The van der Waals surface area contributed by atoms with Crippen LogP contribution in [0, 0.1) is 6.92 Å². The van der Waals surface area contributed by atoms with E-state index < -0.39 is 0 Å². The molecule has 0 radical (unpaired) electrons. The van der Waals surface area contributed by atoms with Crippen LogP contribution in [-0.2, 0) is 17.9 Å². The second kappa shape index (κ2) is 9.00. The van der Waals surface area contributed by atoms with Gasteiger partial charge in [0, 0.05) is 15.9 Å². The van der Waals surface area contributed by atoms with Crippen molar-refractivity contribution in [1.29, 1.82) is 0 Å². The molecule has 1 N–H and O–H groups in total. The Morgan fingerprint density at radius 1 is 1.23 bits per heavy atom. The molecule has 0 bridgehead atoms. The zero-order chi connectivity index (χ0) is 18.4. The molecule has 7 heteroatoms. The quantitative estimate of drug-likeness (QED) is 0.578. The van der Waals surface area contributed by atoms with Crippen molar-refractivity contribution in [3.05, 3.63) is 76.3 Å². The molecular weight excluding hydrogens is 412 g/mol. The maximum Gasteiger partial charge on any atom is 0.230 e. The Morgan fingerprint density at radius 3 is 2.85 bits per heavy atom. The van der Waals surface area contributed by atoms with Gasteiger partial charge in [-0.15, -0.1) is 11.8 Å². The van der Waals surface area contributed by atoms with Crippen LogP contribution < -0.4 is 5.32 Å². The first-order chi connectivity index (χ1) is 12.6. The fourth-order valence-corrected chi connectivity index (χ4v) is 3.82. The smallest absolute Gasteiger partial charge is 0.230 e. The van der Waals surface area contributed by atoms with Gasteiger partial charge in [0.05, 0.1) is 12.3 Å². The number of halogens is 1. The molecule has 0 saturated carbocycles. The van der Waals surface area contributed by atoms with Gasteiger partial charge in [-0.3, -0.25) is 4.79 Å². The van der Waals surface area contributed by atoms with E-state index in [4.69, 9.17) is 0 Å². The van der Waals surface area contributed by atoms with Crippen molar-refractivity contribution in [2.24, 2.45) is 0 Å². The van der Waals surface area contributed by atoms with E-state index in [2.05, 4.69) is 43.5 Å². The van der Waals surface area contributed by atoms with E-state index in [1.165, 1.54) is 6.33 Å². The molecule has 26 heavy (non-hydrogen) atoms. The van der Waals surface area contributed by atoms with Crippen molar-refractivity contribution in [3.8, 4) is 0 Å². The molecule has 5 nitrogen and oxygen atoms in total. The van der Waals surface area contributed by atoms with E-state index in [1.54, 1.807) is 22.8 Å². The molecule has 134 valence electrons. The summed E-state index contributed by atoms with van der Waals surface area (Å²) in [5, 5.41) is 7.09. The number of nitrogens with zero attached hydrogens (tertiary/aromatic N) is 3. The second-order valence-corrected chi connectivity index (χ2v) is 7.82. The maximum absolute atomic E-state index is 12.1. The van der Waals surface area contributed by atoms with E-state index >= 15 is 0 Å². The van der Waals surface area contributed by atoms with E-state index in [0.29, 0.717) is 18.8 Å². The van der Waals surface area contributed by atoms with Crippen molar-refractivity contribution in [2.75, 3.05) is 5.75 Å². The highest BCUT2D eigenvalue weighted by Gasteiger charge is 2.06. The Balaban J connectivity index is 1.49.